The Morgan fingerprint density at radius 3 is 2.85 bits per heavy atom. The second-order valence-corrected chi connectivity index (χ2v) is 2.82. The van der Waals surface area contributed by atoms with Crippen molar-refractivity contribution >= 4 is 5.95 Å². The molecular weight excluding hydrogens is 166 g/mol. The van der Waals surface area contributed by atoms with Gasteiger partial charge in [0.25, 0.3) is 0 Å². The second kappa shape index (κ2) is 4.77. The zero-order valence-corrected chi connectivity index (χ0v) is 8.04. The highest BCUT2D eigenvalue weighted by Crippen LogP contribution is 2.09. The SMILES string of the molecule is CCCc1nc(NC)ncc1CO. The van der Waals surface area contributed by atoms with Crippen molar-refractivity contribution < 1.29 is 5.11 Å². The number of rotatable bonds is 4. The lowest BCUT2D eigenvalue weighted by atomic mass is 10.1. The van der Waals surface area contributed by atoms with E-state index < -0.39 is 0 Å². The highest BCUT2D eigenvalue weighted by Gasteiger charge is 2.04. The predicted molar refractivity (Wildman–Crippen MR) is 51.5 cm³/mol. The molecule has 0 unspecified atom stereocenters. The fourth-order valence-electron chi connectivity index (χ4n) is 1.15. The van der Waals surface area contributed by atoms with Gasteiger partial charge in [0.2, 0.25) is 5.95 Å². The maximum Gasteiger partial charge on any atom is 0.222 e. The van der Waals surface area contributed by atoms with Gasteiger partial charge in [-0.1, -0.05) is 13.3 Å². The Balaban J connectivity index is 2.95. The number of aliphatic hydroxyl groups excluding tert-OH is 1. The summed E-state index contributed by atoms with van der Waals surface area (Å²) in [6.45, 7) is 2.10. The summed E-state index contributed by atoms with van der Waals surface area (Å²) >= 11 is 0. The molecule has 2 N–H and O–H groups in total. The average Bonchev–Trinajstić information content (AvgIpc) is 2.18. The third kappa shape index (κ3) is 2.39. The molecule has 13 heavy (non-hydrogen) atoms. The molecule has 72 valence electrons. The summed E-state index contributed by atoms with van der Waals surface area (Å²) in [6, 6.07) is 0. The van der Waals surface area contributed by atoms with Crippen molar-refractivity contribution in [2.45, 2.75) is 26.4 Å². The third-order valence-electron chi connectivity index (χ3n) is 1.83. The van der Waals surface area contributed by atoms with Gasteiger partial charge in [-0.15, -0.1) is 0 Å². The first-order valence-electron chi connectivity index (χ1n) is 4.45. The number of anilines is 1. The first-order chi connectivity index (χ1) is 6.31. The third-order valence-corrected chi connectivity index (χ3v) is 1.83. The van der Waals surface area contributed by atoms with Gasteiger partial charge in [0.05, 0.1) is 12.3 Å². The van der Waals surface area contributed by atoms with E-state index in [1.807, 2.05) is 0 Å². The summed E-state index contributed by atoms with van der Waals surface area (Å²) in [6.07, 6.45) is 3.57. The molecule has 0 spiro atoms. The fraction of sp³-hybridized carbons (Fsp3) is 0.556. The van der Waals surface area contributed by atoms with Crippen LogP contribution in [0.1, 0.15) is 24.6 Å². The monoisotopic (exact) mass is 181 g/mol. The standard InChI is InChI=1S/C9H15N3O/c1-3-4-8-7(6-13)5-11-9(10-2)12-8/h5,13H,3-4,6H2,1-2H3,(H,10,11,12). The number of hydrogen-bond donors (Lipinski definition) is 2. The predicted octanol–water partition coefficient (Wildman–Crippen LogP) is 0.963. The lowest BCUT2D eigenvalue weighted by Crippen LogP contribution is -2.04. The highest BCUT2D eigenvalue weighted by atomic mass is 16.3. The van der Waals surface area contributed by atoms with E-state index in [-0.39, 0.29) is 6.61 Å². The van der Waals surface area contributed by atoms with Crippen LogP contribution in [0.4, 0.5) is 5.95 Å². The summed E-state index contributed by atoms with van der Waals surface area (Å²) in [5, 5.41) is 11.9. The van der Waals surface area contributed by atoms with E-state index >= 15 is 0 Å². The van der Waals surface area contributed by atoms with Gasteiger partial charge in [-0.2, -0.15) is 0 Å². The Labute approximate surface area is 78.0 Å². The molecule has 0 fully saturated rings. The molecule has 0 bridgehead atoms. The van der Waals surface area contributed by atoms with Crippen LogP contribution in [0.3, 0.4) is 0 Å². The van der Waals surface area contributed by atoms with E-state index in [0.717, 1.165) is 24.1 Å². The van der Waals surface area contributed by atoms with Gasteiger partial charge in [-0.3, -0.25) is 0 Å². The number of aromatic nitrogens is 2. The zero-order valence-electron chi connectivity index (χ0n) is 8.04. The molecule has 0 saturated heterocycles. The summed E-state index contributed by atoms with van der Waals surface area (Å²) in [5.41, 5.74) is 1.75. The maximum atomic E-state index is 9.01. The molecule has 4 nitrogen and oxygen atoms in total. The van der Waals surface area contributed by atoms with Crippen molar-refractivity contribution in [2.24, 2.45) is 0 Å². The van der Waals surface area contributed by atoms with Gasteiger partial charge >= 0.3 is 0 Å². The molecule has 0 aliphatic heterocycles. The number of hydrogen-bond acceptors (Lipinski definition) is 4. The van der Waals surface area contributed by atoms with Crippen molar-refractivity contribution in [2.75, 3.05) is 12.4 Å². The Hall–Kier alpha value is -1.16. The summed E-state index contributed by atoms with van der Waals surface area (Å²) in [7, 11) is 1.78. The number of aryl methyl sites for hydroxylation is 1. The van der Waals surface area contributed by atoms with E-state index in [2.05, 4.69) is 22.2 Å². The van der Waals surface area contributed by atoms with Crippen LogP contribution < -0.4 is 5.32 Å². The average molecular weight is 181 g/mol. The van der Waals surface area contributed by atoms with Gasteiger partial charge in [-0.25, -0.2) is 9.97 Å². The van der Waals surface area contributed by atoms with Crippen molar-refractivity contribution in [1.29, 1.82) is 0 Å². The van der Waals surface area contributed by atoms with E-state index in [1.54, 1.807) is 13.2 Å². The van der Waals surface area contributed by atoms with E-state index in [1.165, 1.54) is 0 Å². The molecular formula is C9H15N3O. The molecule has 0 aliphatic rings. The van der Waals surface area contributed by atoms with Crippen molar-refractivity contribution in [1.82, 2.24) is 9.97 Å². The molecule has 4 heteroatoms. The minimum Gasteiger partial charge on any atom is -0.392 e. The van der Waals surface area contributed by atoms with Crippen LogP contribution in [0.15, 0.2) is 6.20 Å². The minimum absolute atomic E-state index is 0.0132. The van der Waals surface area contributed by atoms with Gasteiger partial charge < -0.3 is 10.4 Å². The first-order valence-corrected chi connectivity index (χ1v) is 4.45. The van der Waals surface area contributed by atoms with Crippen LogP contribution in [-0.2, 0) is 13.0 Å². The van der Waals surface area contributed by atoms with Crippen LogP contribution in [-0.4, -0.2) is 22.1 Å². The van der Waals surface area contributed by atoms with Crippen LogP contribution in [0.5, 0.6) is 0 Å². The van der Waals surface area contributed by atoms with Gasteiger partial charge in [-0.05, 0) is 6.42 Å². The molecule has 0 aliphatic carbocycles. The molecule has 0 saturated carbocycles. The van der Waals surface area contributed by atoms with Crippen molar-refractivity contribution in [3.8, 4) is 0 Å². The van der Waals surface area contributed by atoms with Crippen LogP contribution in [0, 0.1) is 0 Å². The van der Waals surface area contributed by atoms with E-state index in [9.17, 15) is 0 Å². The van der Waals surface area contributed by atoms with E-state index in [4.69, 9.17) is 5.11 Å². The van der Waals surface area contributed by atoms with Gasteiger partial charge in [0.15, 0.2) is 0 Å². The Morgan fingerprint density at radius 2 is 2.31 bits per heavy atom. The van der Waals surface area contributed by atoms with E-state index in [0.29, 0.717) is 5.95 Å². The number of aliphatic hydroxyl groups is 1. The lowest BCUT2D eigenvalue weighted by Gasteiger charge is -2.06. The molecule has 1 rings (SSSR count). The fourth-order valence-corrected chi connectivity index (χ4v) is 1.15. The minimum atomic E-state index is 0.0132. The number of nitrogens with zero attached hydrogens (tertiary/aromatic N) is 2. The number of nitrogens with one attached hydrogen (secondary N) is 1. The lowest BCUT2D eigenvalue weighted by molar-refractivity contribution is 0.279. The largest absolute Gasteiger partial charge is 0.392 e. The first kappa shape index (κ1) is 9.92. The molecule has 0 radical (unpaired) electrons. The molecule has 0 amide bonds. The molecule has 1 heterocycles. The molecule has 1 aromatic rings. The Kier molecular flexibility index (Phi) is 3.64. The van der Waals surface area contributed by atoms with Crippen molar-refractivity contribution in [3.05, 3.63) is 17.5 Å². The van der Waals surface area contributed by atoms with Crippen molar-refractivity contribution in [3.63, 3.8) is 0 Å². The van der Waals surface area contributed by atoms with Gasteiger partial charge in [0, 0.05) is 18.8 Å². The molecule has 0 atom stereocenters. The second-order valence-electron chi connectivity index (χ2n) is 2.82. The quantitative estimate of drug-likeness (QED) is 0.726. The van der Waals surface area contributed by atoms with Crippen LogP contribution >= 0.6 is 0 Å². The van der Waals surface area contributed by atoms with Crippen LogP contribution in [0.2, 0.25) is 0 Å². The topological polar surface area (TPSA) is 58.0 Å². The highest BCUT2D eigenvalue weighted by molar-refractivity contribution is 5.28. The smallest absolute Gasteiger partial charge is 0.222 e. The molecule has 1 aromatic heterocycles. The van der Waals surface area contributed by atoms with Crippen LogP contribution in [0.25, 0.3) is 0 Å². The summed E-state index contributed by atoms with van der Waals surface area (Å²) in [4.78, 5) is 8.30. The summed E-state index contributed by atoms with van der Waals surface area (Å²) in [5.74, 6) is 0.612. The van der Waals surface area contributed by atoms with Gasteiger partial charge in [0.1, 0.15) is 0 Å². The maximum absolute atomic E-state index is 9.01. The summed E-state index contributed by atoms with van der Waals surface area (Å²) < 4.78 is 0. The zero-order chi connectivity index (χ0) is 9.68. The normalized spacial score (nSPS) is 10.1. The Bertz CT molecular complexity index is 276. The molecule has 0 aromatic carbocycles. The Morgan fingerprint density at radius 1 is 1.54 bits per heavy atom.